The summed E-state index contributed by atoms with van der Waals surface area (Å²) in [6, 6.07) is 3.85. The molecule has 0 atom stereocenters. The molecule has 0 radical (unpaired) electrons. The van der Waals surface area contributed by atoms with Gasteiger partial charge < -0.3 is 14.8 Å². The van der Waals surface area contributed by atoms with Crippen molar-refractivity contribution < 1.29 is 22.6 Å². The van der Waals surface area contributed by atoms with Crippen LogP contribution < -0.4 is 14.8 Å². The minimum Gasteiger partial charge on any atom is -0.492 e. The summed E-state index contributed by atoms with van der Waals surface area (Å²) in [6.07, 6.45) is -2.97. The molecule has 3 nitrogen and oxygen atoms in total. The maximum absolute atomic E-state index is 12.9. The quantitative estimate of drug-likeness (QED) is 0.926. The highest BCUT2D eigenvalue weighted by molar-refractivity contribution is 5.48. The fourth-order valence-corrected chi connectivity index (χ4v) is 2.35. The second-order valence-electron chi connectivity index (χ2n) is 5.14. The van der Waals surface area contributed by atoms with Gasteiger partial charge in [-0.25, -0.2) is 0 Å². The van der Waals surface area contributed by atoms with Gasteiger partial charge in [0.25, 0.3) is 0 Å². The lowest BCUT2D eigenvalue weighted by Gasteiger charge is -2.35. The molecule has 1 heterocycles. The molecule has 0 bridgehead atoms. The predicted molar refractivity (Wildman–Crippen MR) is 69.1 cm³/mol. The Hall–Kier alpha value is -1.43. The van der Waals surface area contributed by atoms with Crippen LogP contribution in [0.25, 0.3) is 0 Å². The van der Waals surface area contributed by atoms with Crippen LogP contribution in [-0.4, -0.2) is 25.8 Å². The lowest BCUT2D eigenvalue weighted by atomic mass is 9.94. The van der Waals surface area contributed by atoms with Crippen molar-refractivity contribution in [2.24, 2.45) is 0 Å². The van der Waals surface area contributed by atoms with E-state index in [1.165, 1.54) is 19.2 Å². The monoisotopic (exact) mass is 289 g/mol. The molecule has 1 aliphatic rings. The number of halogens is 3. The molecule has 20 heavy (non-hydrogen) atoms. The zero-order valence-electron chi connectivity index (χ0n) is 11.5. The average molecular weight is 289 g/mol. The van der Waals surface area contributed by atoms with Crippen LogP contribution in [0.5, 0.6) is 11.5 Å². The molecule has 112 valence electrons. The molecular weight excluding hydrogens is 271 g/mol. The molecule has 6 heteroatoms. The molecule has 0 aliphatic carbocycles. The van der Waals surface area contributed by atoms with Gasteiger partial charge in [-0.3, -0.25) is 0 Å². The van der Waals surface area contributed by atoms with E-state index >= 15 is 0 Å². The molecule has 1 aliphatic heterocycles. The maximum atomic E-state index is 12.9. The number of methoxy groups -OCH3 is 1. The van der Waals surface area contributed by atoms with Crippen LogP contribution in [0.2, 0.25) is 0 Å². The normalized spacial score (nSPS) is 18.6. The highest BCUT2D eigenvalue weighted by Crippen LogP contribution is 2.43. The lowest BCUT2D eigenvalue weighted by Crippen LogP contribution is -2.43. The molecule has 2 rings (SSSR count). The van der Waals surface area contributed by atoms with Gasteiger partial charge in [0.2, 0.25) is 0 Å². The van der Waals surface area contributed by atoms with Crippen LogP contribution in [0.3, 0.4) is 0 Å². The molecule has 1 fully saturated rings. The Bertz CT molecular complexity index is 468. The van der Waals surface area contributed by atoms with Crippen LogP contribution >= 0.6 is 0 Å². The smallest absolute Gasteiger partial charge is 0.420 e. The van der Waals surface area contributed by atoms with Crippen LogP contribution in [0.4, 0.5) is 13.2 Å². The second-order valence-corrected chi connectivity index (χ2v) is 5.14. The van der Waals surface area contributed by atoms with Gasteiger partial charge in [-0.2, -0.15) is 13.2 Å². The first kappa shape index (κ1) is 15.0. The van der Waals surface area contributed by atoms with E-state index < -0.39 is 17.3 Å². The third-order valence-electron chi connectivity index (χ3n) is 3.51. The molecular formula is C14H18F3NO2. The van der Waals surface area contributed by atoms with E-state index in [4.69, 9.17) is 9.47 Å². The fourth-order valence-electron chi connectivity index (χ4n) is 2.35. The third-order valence-corrected chi connectivity index (χ3v) is 3.51. The SMILES string of the molecule is COc1c(OC2(C)CCNCC2)cccc1C(F)(F)F. The van der Waals surface area contributed by atoms with Crippen molar-refractivity contribution in [2.45, 2.75) is 31.5 Å². The van der Waals surface area contributed by atoms with Crippen LogP contribution in [0.1, 0.15) is 25.3 Å². The molecule has 0 aromatic heterocycles. The van der Waals surface area contributed by atoms with Crippen LogP contribution in [0, 0.1) is 0 Å². The zero-order valence-corrected chi connectivity index (χ0v) is 11.5. The van der Waals surface area contributed by atoms with Gasteiger partial charge >= 0.3 is 6.18 Å². The number of benzene rings is 1. The Morgan fingerprint density at radius 3 is 2.40 bits per heavy atom. The fraction of sp³-hybridized carbons (Fsp3) is 0.571. The average Bonchev–Trinajstić information content (AvgIpc) is 2.37. The minimum absolute atomic E-state index is 0.145. The topological polar surface area (TPSA) is 30.5 Å². The van der Waals surface area contributed by atoms with Crippen molar-refractivity contribution >= 4 is 0 Å². The number of alkyl halides is 3. The number of hydrogen-bond acceptors (Lipinski definition) is 3. The van der Waals surface area contributed by atoms with Crippen molar-refractivity contribution in [1.29, 1.82) is 0 Å². The number of nitrogens with one attached hydrogen (secondary N) is 1. The summed E-state index contributed by atoms with van der Waals surface area (Å²) in [6.45, 7) is 3.49. The van der Waals surface area contributed by atoms with E-state index in [1.54, 1.807) is 0 Å². The Morgan fingerprint density at radius 1 is 1.20 bits per heavy atom. The van der Waals surface area contributed by atoms with Crippen molar-refractivity contribution in [3.05, 3.63) is 23.8 Å². The van der Waals surface area contributed by atoms with Crippen LogP contribution in [0.15, 0.2) is 18.2 Å². The largest absolute Gasteiger partial charge is 0.492 e. The van der Waals surface area contributed by atoms with E-state index in [2.05, 4.69) is 5.32 Å². The number of ether oxygens (including phenoxy) is 2. The molecule has 0 unspecified atom stereocenters. The van der Waals surface area contributed by atoms with E-state index in [-0.39, 0.29) is 11.5 Å². The first-order valence-corrected chi connectivity index (χ1v) is 6.50. The summed E-state index contributed by atoms with van der Waals surface area (Å²) in [4.78, 5) is 0. The molecule has 1 N–H and O–H groups in total. The summed E-state index contributed by atoms with van der Waals surface area (Å²) < 4.78 is 49.6. The van der Waals surface area contributed by atoms with Crippen molar-refractivity contribution in [3.63, 3.8) is 0 Å². The van der Waals surface area contributed by atoms with Gasteiger partial charge in [0, 0.05) is 0 Å². The molecule has 1 aromatic rings. The van der Waals surface area contributed by atoms with Gasteiger partial charge in [-0.1, -0.05) is 6.07 Å². The Labute approximate surface area is 116 Å². The standard InChI is InChI=1S/C14H18F3NO2/c1-13(6-8-18-9-7-13)20-11-5-3-4-10(12(11)19-2)14(15,16)17/h3-5,18H,6-9H2,1-2H3. The second kappa shape index (κ2) is 5.52. The summed E-state index contributed by atoms with van der Waals surface area (Å²) in [5.74, 6) is -0.105. The molecule has 0 spiro atoms. The van der Waals surface area contributed by atoms with Gasteiger partial charge in [-0.15, -0.1) is 0 Å². The first-order valence-electron chi connectivity index (χ1n) is 6.50. The number of piperidine rings is 1. The van der Waals surface area contributed by atoms with E-state index in [0.29, 0.717) is 0 Å². The maximum Gasteiger partial charge on any atom is 0.420 e. The van der Waals surface area contributed by atoms with E-state index in [0.717, 1.165) is 32.0 Å². The van der Waals surface area contributed by atoms with Gasteiger partial charge in [0.1, 0.15) is 11.2 Å². The number of rotatable bonds is 3. The third kappa shape index (κ3) is 3.17. The highest BCUT2D eigenvalue weighted by Gasteiger charge is 2.37. The van der Waals surface area contributed by atoms with E-state index in [1.807, 2.05) is 6.92 Å². The lowest BCUT2D eigenvalue weighted by molar-refractivity contribution is -0.139. The Morgan fingerprint density at radius 2 is 1.85 bits per heavy atom. The summed E-state index contributed by atoms with van der Waals surface area (Å²) in [7, 11) is 1.22. The predicted octanol–water partition coefficient (Wildman–Crippen LogP) is 3.23. The van der Waals surface area contributed by atoms with Crippen molar-refractivity contribution in [1.82, 2.24) is 5.32 Å². The van der Waals surface area contributed by atoms with Crippen molar-refractivity contribution in [3.8, 4) is 11.5 Å². The van der Waals surface area contributed by atoms with Crippen LogP contribution in [-0.2, 0) is 6.18 Å². The van der Waals surface area contributed by atoms with Crippen molar-refractivity contribution in [2.75, 3.05) is 20.2 Å². The zero-order chi connectivity index (χ0) is 14.8. The van der Waals surface area contributed by atoms with Gasteiger partial charge in [0.05, 0.1) is 7.11 Å². The summed E-state index contributed by atoms with van der Waals surface area (Å²) in [5.41, 5.74) is -1.28. The molecule has 0 amide bonds. The minimum atomic E-state index is -4.46. The summed E-state index contributed by atoms with van der Waals surface area (Å²) in [5, 5.41) is 3.20. The van der Waals surface area contributed by atoms with Gasteiger partial charge in [0.15, 0.2) is 11.5 Å². The molecule has 0 saturated carbocycles. The van der Waals surface area contributed by atoms with Gasteiger partial charge in [-0.05, 0) is 45.0 Å². The summed E-state index contributed by atoms with van der Waals surface area (Å²) >= 11 is 0. The Balaban J connectivity index is 2.32. The molecule has 1 aromatic carbocycles. The first-order chi connectivity index (χ1) is 9.36. The Kier molecular flexibility index (Phi) is 4.13. The number of hydrogen-bond donors (Lipinski definition) is 1. The number of para-hydroxylation sites is 1. The molecule has 1 saturated heterocycles. The van der Waals surface area contributed by atoms with E-state index in [9.17, 15) is 13.2 Å². The highest BCUT2D eigenvalue weighted by atomic mass is 19.4.